The minimum absolute atomic E-state index is 0.138. The van der Waals surface area contributed by atoms with E-state index in [1.165, 1.54) is 49.2 Å². The molecule has 1 N–H and O–H groups in total. The number of ether oxygens (including phenoxy) is 2. The maximum Gasteiger partial charge on any atom is 0.337 e. The lowest BCUT2D eigenvalue weighted by atomic mass is 10.2. The number of pyridine rings is 1. The molecule has 0 fully saturated rings. The number of rotatable bonds is 6. The maximum atomic E-state index is 13.1. The summed E-state index contributed by atoms with van der Waals surface area (Å²) in [7, 11) is 2.75. The van der Waals surface area contributed by atoms with Gasteiger partial charge in [0.25, 0.3) is 5.56 Å². The van der Waals surface area contributed by atoms with E-state index in [1.54, 1.807) is 13.8 Å². The number of methoxy groups -OCH3 is 1. The predicted molar refractivity (Wildman–Crippen MR) is 114 cm³/mol. The second-order valence-corrected chi connectivity index (χ2v) is 6.75. The lowest BCUT2D eigenvalue weighted by molar-refractivity contribution is -0.116. The van der Waals surface area contributed by atoms with Gasteiger partial charge in [-0.1, -0.05) is 0 Å². The fourth-order valence-electron chi connectivity index (χ4n) is 3.14. The van der Waals surface area contributed by atoms with E-state index in [0.717, 1.165) is 4.57 Å². The van der Waals surface area contributed by atoms with Crippen molar-refractivity contribution in [3.05, 3.63) is 62.4 Å². The summed E-state index contributed by atoms with van der Waals surface area (Å²) in [4.78, 5) is 54.0. The molecule has 10 nitrogen and oxygen atoms in total. The van der Waals surface area contributed by atoms with Gasteiger partial charge in [-0.2, -0.15) is 0 Å². The predicted octanol–water partition coefficient (Wildman–Crippen LogP) is 1.23. The lowest BCUT2D eigenvalue weighted by Gasteiger charge is -2.14. The van der Waals surface area contributed by atoms with Gasteiger partial charge >= 0.3 is 11.7 Å². The first-order chi connectivity index (χ1) is 14.8. The minimum atomic E-state index is -0.674. The van der Waals surface area contributed by atoms with Crippen LogP contribution < -0.4 is 21.3 Å². The van der Waals surface area contributed by atoms with Crippen LogP contribution in [0, 0.1) is 6.92 Å². The van der Waals surface area contributed by atoms with Crippen LogP contribution in [0.15, 0.2) is 40.1 Å². The van der Waals surface area contributed by atoms with Crippen LogP contribution in [0.3, 0.4) is 0 Å². The normalized spacial score (nSPS) is 10.7. The average molecular weight is 426 g/mol. The first-order valence-corrected chi connectivity index (χ1v) is 9.48. The van der Waals surface area contributed by atoms with Crippen molar-refractivity contribution in [1.82, 2.24) is 14.1 Å². The highest BCUT2D eigenvalue weighted by molar-refractivity contribution is 5.93. The van der Waals surface area contributed by atoms with E-state index in [9.17, 15) is 19.2 Å². The van der Waals surface area contributed by atoms with Crippen LogP contribution in [0.1, 0.15) is 22.8 Å². The topological polar surface area (TPSA) is 122 Å². The molecule has 1 amide bonds. The highest BCUT2D eigenvalue weighted by Crippen LogP contribution is 2.24. The third-order valence-electron chi connectivity index (χ3n) is 4.66. The standard InChI is InChI=1S/C21H22N4O6/c1-5-31-17-12(2)10-22-18-16(17)19(27)25(21(29)24(18)3)11-15(26)23-14-8-6-13(7-9-14)20(28)30-4/h6-10H,5,11H2,1-4H3,(H,23,26). The molecule has 1 aromatic carbocycles. The van der Waals surface area contributed by atoms with Crippen molar-refractivity contribution >= 4 is 28.6 Å². The second kappa shape index (κ2) is 8.82. The Morgan fingerprint density at radius 3 is 2.45 bits per heavy atom. The maximum absolute atomic E-state index is 13.1. The number of amides is 1. The van der Waals surface area contributed by atoms with Gasteiger partial charge in [-0.15, -0.1) is 0 Å². The molecule has 2 heterocycles. The van der Waals surface area contributed by atoms with Crippen molar-refractivity contribution in [3.8, 4) is 5.75 Å². The van der Waals surface area contributed by atoms with Gasteiger partial charge in [0.05, 0.1) is 19.3 Å². The lowest BCUT2D eigenvalue weighted by Crippen LogP contribution is -2.42. The van der Waals surface area contributed by atoms with Crippen LogP contribution in [-0.2, 0) is 23.1 Å². The second-order valence-electron chi connectivity index (χ2n) is 6.75. The number of carbonyl (C=O) groups is 2. The van der Waals surface area contributed by atoms with Crippen molar-refractivity contribution in [3.63, 3.8) is 0 Å². The van der Waals surface area contributed by atoms with Crippen LogP contribution in [0.25, 0.3) is 11.0 Å². The molecule has 0 atom stereocenters. The van der Waals surface area contributed by atoms with Gasteiger partial charge in [0.2, 0.25) is 5.91 Å². The third-order valence-corrected chi connectivity index (χ3v) is 4.66. The van der Waals surface area contributed by atoms with E-state index in [1.807, 2.05) is 0 Å². The van der Waals surface area contributed by atoms with Crippen LogP contribution in [0.4, 0.5) is 5.69 Å². The first-order valence-electron chi connectivity index (χ1n) is 9.48. The molecular weight excluding hydrogens is 404 g/mol. The molecule has 162 valence electrons. The summed E-state index contributed by atoms with van der Waals surface area (Å²) in [5.74, 6) is -0.748. The first kappa shape index (κ1) is 21.8. The summed E-state index contributed by atoms with van der Waals surface area (Å²) in [5.41, 5.74) is 0.217. The van der Waals surface area contributed by atoms with Crippen LogP contribution >= 0.6 is 0 Å². The number of aryl methyl sites for hydroxylation is 2. The Kier molecular flexibility index (Phi) is 6.19. The molecule has 3 rings (SSSR count). The highest BCUT2D eigenvalue weighted by Gasteiger charge is 2.19. The van der Waals surface area contributed by atoms with Gasteiger partial charge in [0.15, 0.2) is 5.65 Å². The van der Waals surface area contributed by atoms with Crippen LogP contribution in [-0.4, -0.2) is 39.7 Å². The molecule has 0 saturated heterocycles. The zero-order valence-electron chi connectivity index (χ0n) is 17.6. The molecule has 0 bridgehead atoms. The number of nitrogens with zero attached hydrogens (tertiary/aromatic N) is 3. The summed E-state index contributed by atoms with van der Waals surface area (Å²) in [6.07, 6.45) is 1.53. The Bertz CT molecular complexity index is 1270. The molecule has 10 heteroatoms. The van der Waals surface area contributed by atoms with E-state index >= 15 is 0 Å². The van der Waals surface area contributed by atoms with Crippen molar-refractivity contribution in [2.75, 3.05) is 19.0 Å². The van der Waals surface area contributed by atoms with E-state index in [4.69, 9.17) is 4.74 Å². The number of aromatic nitrogens is 3. The van der Waals surface area contributed by atoms with Crippen molar-refractivity contribution < 1.29 is 19.1 Å². The Labute approximate surface area is 177 Å². The monoisotopic (exact) mass is 426 g/mol. The fraction of sp³-hybridized carbons (Fsp3) is 0.286. The van der Waals surface area contributed by atoms with E-state index in [-0.39, 0.29) is 11.0 Å². The molecule has 2 aromatic heterocycles. The van der Waals surface area contributed by atoms with E-state index in [0.29, 0.717) is 29.2 Å². The number of anilines is 1. The SMILES string of the molecule is CCOc1c(C)cnc2c1c(=O)n(CC(=O)Nc1ccc(C(=O)OC)cc1)c(=O)n2C. The van der Waals surface area contributed by atoms with E-state index in [2.05, 4.69) is 15.0 Å². The largest absolute Gasteiger partial charge is 0.493 e. The quantitative estimate of drug-likeness (QED) is 0.588. The molecule has 3 aromatic rings. The van der Waals surface area contributed by atoms with Crippen molar-refractivity contribution in [1.29, 1.82) is 0 Å². The van der Waals surface area contributed by atoms with E-state index < -0.39 is 29.7 Å². The summed E-state index contributed by atoms with van der Waals surface area (Å²) in [6.45, 7) is 3.35. The molecule has 0 aliphatic carbocycles. The Morgan fingerprint density at radius 2 is 1.84 bits per heavy atom. The number of hydrogen-bond acceptors (Lipinski definition) is 7. The van der Waals surface area contributed by atoms with Crippen LogP contribution in [0.2, 0.25) is 0 Å². The number of fused-ring (bicyclic) bond motifs is 1. The van der Waals surface area contributed by atoms with Gasteiger partial charge in [0.1, 0.15) is 17.7 Å². The highest BCUT2D eigenvalue weighted by atomic mass is 16.5. The Morgan fingerprint density at radius 1 is 1.16 bits per heavy atom. The number of carbonyl (C=O) groups excluding carboxylic acids is 2. The summed E-state index contributed by atoms with van der Waals surface area (Å²) >= 11 is 0. The van der Waals surface area contributed by atoms with Gasteiger partial charge in [-0.25, -0.2) is 19.1 Å². The van der Waals surface area contributed by atoms with Crippen molar-refractivity contribution in [2.24, 2.45) is 7.05 Å². The molecule has 0 aliphatic rings. The van der Waals surface area contributed by atoms with Gasteiger partial charge < -0.3 is 14.8 Å². The summed E-state index contributed by atoms with van der Waals surface area (Å²) in [5, 5.41) is 2.74. The van der Waals surface area contributed by atoms with Gasteiger partial charge in [-0.05, 0) is 38.1 Å². The zero-order chi connectivity index (χ0) is 22.7. The third kappa shape index (κ3) is 4.18. The number of esters is 1. The number of hydrogen-bond donors (Lipinski definition) is 1. The van der Waals surface area contributed by atoms with Crippen molar-refractivity contribution in [2.45, 2.75) is 20.4 Å². The molecule has 0 aliphatic heterocycles. The molecular formula is C21H22N4O6. The average Bonchev–Trinajstić information content (AvgIpc) is 2.76. The molecule has 0 unspecified atom stereocenters. The van der Waals surface area contributed by atoms with Gasteiger partial charge in [0, 0.05) is 24.5 Å². The molecule has 0 radical (unpaired) electrons. The van der Waals surface area contributed by atoms with Gasteiger partial charge in [-0.3, -0.25) is 14.2 Å². The summed E-state index contributed by atoms with van der Waals surface area (Å²) in [6, 6.07) is 6.02. The Balaban J connectivity index is 1.96. The molecule has 0 saturated carbocycles. The van der Waals surface area contributed by atoms with Crippen LogP contribution in [0.5, 0.6) is 5.75 Å². The fourth-order valence-corrected chi connectivity index (χ4v) is 3.14. The molecule has 0 spiro atoms. The number of benzene rings is 1. The summed E-state index contributed by atoms with van der Waals surface area (Å²) < 4.78 is 12.3. The number of nitrogens with one attached hydrogen (secondary N) is 1. The smallest absolute Gasteiger partial charge is 0.337 e. The molecule has 31 heavy (non-hydrogen) atoms. The minimum Gasteiger partial charge on any atom is -0.493 e. The Hall–Kier alpha value is -3.95. The zero-order valence-corrected chi connectivity index (χ0v) is 17.6.